The third-order valence-corrected chi connectivity index (χ3v) is 6.78. The maximum absolute atomic E-state index is 12.9. The van der Waals surface area contributed by atoms with Crippen molar-refractivity contribution in [2.75, 3.05) is 23.7 Å². The molecule has 1 aromatic carbocycles. The van der Waals surface area contributed by atoms with Crippen LogP contribution in [0.1, 0.15) is 29.0 Å². The fourth-order valence-corrected chi connectivity index (χ4v) is 5.16. The Balaban J connectivity index is 1.86. The lowest BCUT2D eigenvalue weighted by molar-refractivity contribution is -0.132. The molecule has 2 heterocycles. The highest BCUT2D eigenvalue weighted by Crippen LogP contribution is 2.33. The number of carbonyl (C=O) groups is 1. The number of thiophene rings is 1. The zero-order valence-corrected chi connectivity index (χ0v) is 16.2. The van der Waals surface area contributed by atoms with E-state index in [9.17, 15) is 13.2 Å². The topological polar surface area (TPSA) is 57.7 Å². The second-order valence-electron chi connectivity index (χ2n) is 6.37. The van der Waals surface area contributed by atoms with Crippen molar-refractivity contribution >= 4 is 33.0 Å². The molecule has 134 valence electrons. The number of hydrogen-bond acceptors (Lipinski definition) is 4. The molecule has 1 aromatic heterocycles. The first-order valence-corrected chi connectivity index (χ1v) is 10.9. The smallest absolute Gasteiger partial charge is 0.243 e. The molecule has 0 unspecified atom stereocenters. The summed E-state index contributed by atoms with van der Waals surface area (Å²) in [5.74, 6) is -0.168. The Kier molecular flexibility index (Phi) is 4.88. The van der Waals surface area contributed by atoms with E-state index in [-0.39, 0.29) is 18.5 Å². The van der Waals surface area contributed by atoms with Crippen LogP contribution < -0.4 is 4.31 Å². The SMILES string of the molecule is Cc1ccccc1N(CC(=O)N1CCc2sccc2[C@H]1C)S(C)(=O)=O. The lowest BCUT2D eigenvalue weighted by Crippen LogP contribution is -2.45. The van der Waals surface area contributed by atoms with Crippen LogP contribution in [-0.4, -0.2) is 38.6 Å². The molecule has 3 rings (SSSR count). The fraction of sp³-hybridized carbons (Fsp3) is 0.389. The van der Waals surface area contributed by atoms with Crippen LogP contribution >= 0.6 is 11.3 Å². The van der Waals surface area contributed by atoms with Crippen LogP contribution in [0.15, 0.2) is 35.7 Å². The molecule has 1 aliphatic heterocycles. The van der Waals surface area contributed by atoms with Gasteiger partial charge < -0.3 is 4.90 Å². The number of amides is 1. The first kappa shape index (κ1) is 17.9. The summed E-state index contributed by atoms with van der Waals surface area (Å²) >= 11 is 1.72. The number of carbonyl (C=O) groups excluding carboxylic acids is 1. The van der Waals surface area contributed by atoms with Gasteiger partial charge in [0, 0.05) is 11.4 Å². The van der Waals surface area contributed by atoms with Gasteiger partial charge >= 0.3 is 0 Å². The minimum absolute atomic E-state index is 0.0271. The van der Waals surface area contributed by atoms with Gasteiger partial charge in [-0.2, -0.15) is 0 Å². The number of hydrogen-bond donors (Lipinski definition) is 0. The van der Waals surface area contributed by atoms with Crippen LogP contribution in [0.5, 0.6) is 0 Å². The van der Waals surface area contributed by atoms with E-state index < -0.39 is 10.0 Å². The predicted octanol–water partition coefficient (Wildman–Crippen LogP) is 2.97. The summed E-state index contributed by atoms with van der Waals surface area (Å²) in [7, 11) is -3.55. The maximum atomic E-state index is 12.9. The summed E-state index contributed by atoms with van der Waals surface area (Å²) in [6.07, 6.45) is 1.97. The Labute approximate surface area is 152 Å². The van der Waals surface area contributed by atoms with E-state index in [0.717, 1.165) is 18.2 Å². The molecule has 1 atom stereocenters. The van der Waals surface area contributed by atoms with Crippen molar-refractivity contribution in [3.8, 4) is 0 Å². The molecule has 1 amide bonds. The summed E-state index contributed by atoms with van der Waals surface area (Å²) in [4.78, 5) is 16.0. The van der Waals surface area contributed by atoms with E-state index in [0.29, 0.717) is 12.2 Å². The molecule has 25 heavy (non-hydrogen) atoms. The second kappa shape index (κ2) is 6.80. The van der Waals surface area contributed by atoms with Gasteiger partial charge in [-0.15, -0.1) is 11.3 Å². The van der Waals surface area contributed by atoms with Crippen LogP contribution in [0.3, 0.4) is 0 Å². The second-order valence-corrected chi connectivity index (χ2v) is 9.28. The zero-order valence-electron chi connectivity index (χ0n) is 14.6. The van der Waals surface area contributed by atoms with Gasteiger partial charge in [-0.1, -0.05) is 18.2 Å². The van der Waals surface area contributed by atoms with E-state index in [1.165, 1.54) is 14.7 Å². The summed E-state index contributed by atoms with van der Waals surface area (Å²) < 4.78 is 25.8. The maximum Gasteiger partial charge on any atom is 0.243 e. The van der Waals surface area contributed by atoms with Crippen molar-refractivity contribution in [3.05, 3.63) is 51.7 Å². The van der Waals surface area contributed by atoms with Gasteiger partial charge in [0.05, 0.1) is 18.0 Å². The van der Waals surface area contributed by atoms with E-state index in [1.54, 1.807) is 28.4 Å². The number of para-hydroxylation sites is 1. The van der Waals surface area contributed by atoms with Gasteiger partial charge in [0.2, 0.25) is 15.9 Å². The van der Waals surface area contributed by atoms with Crippen molar-refractivity contribution in [2.24, 2.45) is 0 Å². The van der Waals surface area contributed by atoms with Gasteiger partial charge in [-0.05, 0) is 48.9 Å². The van der Waals surface area contributed by atoms with Crippen molar-refractivity contribution in [2.45, 2.75) is 26.3 Å². The normalized spacial score (nSPS) is 17.2. The highest BCUT2D eigenvalue weighted by molar-refractivity contribution is 7.92. The molecule has 0 spiro atoms. The number of benzene rings is 1. The number of sulfonamides is 1. The molecule has 0 radical (unpaired) electrons. The van der Waals surface area contributed by atoms with Crippen molar-refractivity contribution in [1.29, 1.82) is 0 Å². The molecule has 2 aromatic rings. The average molecular weight is 379 g/mol. The zero-order chi connectivity index (χ0) is 18.2. The van der Waals surface area contributed by atoms with Crippen LogP contribution in [0.25, 0.3) is 0 Å². The molecular weight excluding hydrogens is 356 g/mol. The summed E-state index contributed by atoms with van der Waals surface area (Å²) in [5.41, 5.74) is 2.55. The molecule has 0 aliphatic carbocycles. The Morgan fingerprint density at radius 3 is 2.72 bits per heavy atom. The van der Waals surface area contributed by atoms with Crippen LogP contribution in [-0.2, 0) is 21.2 Å². The molecule has 0 saturated carbocycles. The Bertz CT molecular complexity index is 889. The minimum atomic E-state index is -3.55. The van der Waals surface area contributed by atoms with E-state index in [1.807, 2.05) is 31.4 Å². The quantitative estimate of drug-likeness (QED) is 0.822. The van der Waals surface area contributed by atoms with Crippen molar-refractivity contribution in [3.63, 3.8) is 0 Å². The summed E-state index contributed by atoms with van der Waals surface area (Å²) in [5, 5.41) is 2.05. The molecule has 0 N–H and O–H groups in total. The lowest BCUT2D eigenvalue weighted by Gasteiger charge is -2.35. The van der Waals surface area contributed by atoms with Crippen LogP contribution in [0.2, 0.25) is 0 Å². The number of rotatable bonds is 4. The molecular formula is C18H22N2O3S2. The number of anilines is 1. The van der Waals surface area contributed by atoms with Crippen molar-refractivity contribution in [1.82, 2.24) is 4.90 Å². The Morgan fingerprint density at radius 1 is 1.32 bits per heavy atom. The highest BCUT2D eigenvalue weighted by atomic mass is 32.2. The lowest BCUT2D eigenvalue weighted by atomic mass is 10.0. The third-order valence-electron chi connectivity index (χ3n) is 4.66. The van der Waals surface area contributed by atoms with Gasteiger partial charge in [0.25, 0.3) is 0 Å². The molecule has 1 aliphatic rings. The summed E-state index contributed by atoms with van der Waals surface area (Å²) in [6, 6.07) is 9.25. The Hall–Kier alpha value is -1.86. The van der Waals surface area contributed by atoms with Gasteiger partial charge in [0.15, 0.2) is 0 Å². The first-order valence-electron chi connectivity index (χ1n) is 8.18. The largest absolute Gasteiger partial charge is 0.334 e. The number of nitrogens with zero attached hydrogens (tertiary/aromatic N) is 2. The van der Waals surface area contributed by atoms with E-state index in [2.05, 4.69) is 6.07 Å². The predicted molar refractivity (Wildman–Crippen MR) is 102 cm³/mol. The average Bonchev–Trinajstić information content (AvgIpc) is 3.02. The molecule has 0 fully saturated rings. The molecule has 7 heteroatoms. The number of fused-ring (bicyclic) bond motifs is 1. The van der Waals surface area contributed by atoms with Crippen LogP contribution in [0, 0.1) is 6.92 Å². The van der Waals surface area contributed by atoms with Gasteiger partial charge in [-0.3, -0.25) is 9.10 Å². The first-order chi connectivity index (χ1) is 11.8. The monoisotopic (exact) mass is 378 g/mol. The molecule has 5 nitrogen and oxygen atoms in total. The van der Waals surface area contributed by atoms with Gasteiger partial charge in [-0.25, -0.2) is 8.42 Å². The summed E-state index contributed by atoms with van der Waals surface area (Å²) in [6.45, 7) is 4.30. The number of aryl methyl sites for hydroxylation is 1. The van der Waals surface area contributed by atoms with E-state index in [4.69, 9.17) is 0 Å². The molecule has 0 saturated heterocycles. The molecule has 0 bridgehead atoms. The van der Waals surface area contributed by atoms with Crippen LogP contribution in [0.4, 0.5) is 5.69 Å². The minimum Gasteiger partial charge on any atom is -0.334 e. The van der Waals surface area contributed by atoms with Crippen molar-refractivity contribution < 1.29 is 13.2 Å². The third kappa shape index (κ3) is 3.57. The van der Waals surface area contributed by atoms with Gasteiger partial charge in [0.1, 0.15) is 6.54 Å². The highest BCUT2D eigenvalue weighted by Gasteiger charge is 2.31. The standard InChI is InChI=1S/C18H22N2O3S2/c1-13-6-4-5-7-16(13)20(25(3,22)23)12-18(21)19-10-8-17-15(14(19)2)9-11-24-17/h4-7,9,11,14H,8,10,12H2,1-3H3/t14-/m1/s1. The Morgan fingerprint density at radius 2 is 2.04 bits per heavy atom. The van der Waals surface area contributed by atoms with E-state index >= 15 is 0 Å². The fourth-order valence-electron chi connectivity index (χ4n) is 3.29.